The van der Waals surface area contributed by atoms with Crippen molar-refractivity contribution in [1.82, 2.24) is 0 Å². The van der Waals surface area contributed by atoms with Crippen LogP contribution in [-0.2, 0) is 0 Å². The van der Waals surface area contributed by atoms with Crippen LogP contribution in [0.3, 0.4) is 0 Å². The number of hydrogen-bond acceptors (Lipinski definition) is 4. The standard InChI is InChI=1S/C31H31N3O/c1-4-21-33(28-17-11-27(23-35)12-18-28)32-22-26-9-19-31(20-10-26)34(29-13-5-24(2)6-14-29)30-15-7-25(3)8-16-30/h5-20,22-23H,4,21H2,1-3H3/b32-22+. The molecule has 4 rings (SSSR count). The zero-order valence-corrected chi connectivity index (χ0v) is 20.6. The summed E-state index contributed by atoms with van der Waals surface area (Å²) in [7, 11) is 0. The van der Waals surface area contributed by atoms with Crippen molar-refractivity contribution < 1.29 is 4.79 Å². The molecule has 4 aromatic carbocycles. The predicted octanol–water partition coefficient (Wildman–Crippen LogP) is 7.84. The fourth-order valence-electron chi connectivity index (χ4n) is 3.87. The van der Waals surface area contributed by atoms with E-state index in [2.05, 4.69) is 98.5 Å². The molecule has 0 bridgehead atoms. The van der Waals surface area contributed by atoms with Crippen LogP contribution in [0.5, 0.6) is 0 Å². The lowest BCUT2D eigenvalue weighted by molar-refractivity contribution is 0.112. The zero-order valence-electron chi connectivity index (χ0n) is 20.6. The van der Waals surface area contributed by atoms with Crippen LogP contribution in [0.1, 0.15) is 40.4 Å². The Bertz CT molecular complexity index is 1210. The topological polar surface area (TPSA) is 35.9 Å². The van der Waals surface area contributed by atoms with Crippen molar-refractivity contribution in [2.45, 2.75) is 27.2 Å². The summed E-state index contributed by atoms with van der Waals surface area (Å²) < 4.78 is 0. The fraction of sp³-hybridized carbons (Fsp3) is 0.161. The molecule has 0 amide bonds. The molecule has 0 N–H and O–H groups in total. The summed E-state index contributed by atoms with van der Waals surface area (Å²) in [5, 5.41) is 6.69. The van der Waals surface area contributed by atoms with Crippen molar-refractivity contribution in [3.8, 4) is 0 Å². The molecule has 4 heteroatoms. The van der Waals surface area contributed by atoms with Crippen molar-refractivity contribution in [1.29, 1.82) is 0 Å². The normalized spacial score (nSPS) is 10.9. The van der Waals surface area contributed by atoms with Crippen LogP contribution in [-0.4, -0.2) is 19.0 Å². The van der Waals surface area contributed by atoms with Crippen LogP contribution in [0.4, 0.5) is 22.7 Å². The maximum Gasteiger partial charge on any atom is 0.150 e. The molecule has 0 fully saturated rings. The van der Waals surface area contributed by atoms with Gasteiger partial charge in [-0.3, -0.25) is 9.80 Å². The zero-order chi connectivity index (χ0) is 24.6. The maximum atomic E-state index is 11.0. The molecule has 0 heterocycles. The van der Waals surface area contributed by atoms with Gasteiger partial charge in [-0.05, 0) is 86.5 Å². The van der Waals surface area contributed by atoms with Gasteiger partial charge in [0.2, 0.25) is 0 Å². The molecule has 0 aliphatic carbocycles. The first-order valence-corrected chi connectivity index (χ1v) is 12.0. The summed E-state index contributed by atoms with van der Waals surface area (Å²) in [6.07, 6.45) is 3.71. The van der Waals surface area contributed by atoms with Crippen molar-refractivity contribution >= 4 is 35.3 Å². The van der Waals surface area contributed by atoms with Crippen molar-refractivity contribution in [3.05, 3.63) is 119 Å². The molecule has 35 heavy (non-hydrogen) atoms. The molecule has 0 saturated carbocycles. The Kier molecular flexibility index (Phi) is 7.74. The molecule has 4 aromatic rings. The smallest absolute Gasteiger partial charge is 0.150 e. The van der Waals surface area contributed by atoms with E-state index in [1.807, 2.05) is 35.5 Å². The van der Waals surface area contributed by atoms with Crippen LogP contribution in [0.25, 0.3) is 0 Å². The summed E-state index contributed by atoms with van der Waals surface area (Å²) in [6, 6.07) is 33.1. The van der Waals surface area contributed by atoms with Gasteiger partial charge < -0.3 is 4.90 Å². The number of benzene rings is 4. The third kappa shape index (κ3) is 6.04. The number of hydrogen-bond donors (Lipinski definition) is 0. The maximum absolute atomic E-state index is 11.0. The molecule has 0 saturated heterocycles. The summed E-state index contributed by atoms with van der Waals surface area (Å²) in [4.78, 5) is 13.2. The number of aryl methyl sites for hydroxylation is 2. The van der Waals surface area contributed by atoms with E-state index in [4.69, 9.17) is 5.10 Å². The third-order valence-electron chi connectivity index (χ3n) is 5.84. The highest BCUT2D eigenvalue weighted by Gasteiger charge is 2.12. The first-order valence-electron chi connectivity index (χ1n) is 12.0. The number of carbonyl (C=O) groups is 1. The van der Waals surface area contributed by atoms with Gasteiger partial charge in [0, 0.05) is 29.2 Å². The number of hydrazone groups is 1. The van der Waals surface area contributed by atoms with Crippen molar-refractivity contribution in [2.75, 3.05) is 16.5 Å². The van der Waals surface area contributed by atoms with Crippen molar-refractivity contribution in [2.24, 2.45) is 5.10 Å². The number of nitrogens with zero attached hydrogens (tertiary/aromatic N) is 3. The van der Waals surface area contributed by atoms with Gasteiger partial charge in [0.25, 0.3) is 0 Å². The van der Waals surface area contributed by atoms with E-state index in [0.717, 1.165) is 47.6 Å². The van der Waals surface area contributed by atoms with Gasteiger partial charge in [0.1, 0.15) is 6.29 Å². The van der Waals surface area contributed by atoms with E-state index in [0.29, 0.717) is 5.56 Å². The fourth-order valence-corrected chi connectivity index (χ4v) is 3.87. The number of rotatable bonds is 9. The van der Waals surface area contributed by atoms with Crippen LogP contribution >= 0.6 is 0 Å². The molecular formula is C31H31N3O. The average Bonchev–Trinajstić information content (AvgIpc) is 2.90. The molecule has 0 spiro atoms. The van der Waals surface area contributed by atoms with Crippen LogP contribution in [0.15, 0.2) is 102 Å². The lowest BCUT2D eigenvalue weighted by Gasteiger charge is -2.26. The molecular weight excluding hydrogens is 430 g/mol. The van der Waals surface area contributed by atoms with E-state index in [-0.39, 0.29) is 0 Å². The number of carbonyl (C=O) groups excluding carboxylic acids is 1. The summed E-state index contributed by atoms with van der Waals surface area (Å²) in [5.74, 6) is 0. The Balaban J connectivity index is 1.60. The molecule has 0 aromatic heterocycles. The second kappa shape index (κ2) is 11.3. The molecule has 176 valence electrons. The summed E-state index contributed by atoms with van der Waals surface area (Å²) >= 11 is 0. The Morgan fingerprint density at radius 3 is 1.51 bits per heavy atom. The van der Waals surface area contributed by atoms with E-state index in [9.17, 15) is 4.79 Å². The van der Waals surface area contributed by atoms with E-state index >= 15 is 0 Å². The Morgan fingerprint density at radius 2 is 1.06 bits per heavy atom. The molecule has 4 nitrogen and oxygen atoms in total. The van der Waals surface area contributed by atoms with Gasteiger partial charge in [-0.15, -0.1) is 0 Å². The predicted molar refractivity (Wildman–Crippen MR) is 148 cm³/mol. The minimum absolute atomic E-state index is 0.663. The largest absolute Gasteiger partial charge is 0.311 e. The highest BCUT2D eigenvalue weighted by molar-refractivity contribution is 5.83. The van der Waals surface area contributed by atoms with Crippen molar-refractivity contribution in [3.63, 3.8) is 0 Å². The van der Waals surface area contributed by atoms with Crippen LogP contribution in [0, 0.1) is 13.8 Å². The van der Waals surface area contributed by atoms with Gasteiger partial charge in [0.15, 0.2) is 0 Å². The number of aldehydes is 1. The first-order chi connectivity index (χ1) is 17.1. The summed E-state index contributed by atoms with van der Waals surface area (Å²) in [6.45, 7) is 7.13. The molecule has 0 unspecified atom stereocenters. The monoisotopic (exact) mass is 461 g/mol. The van der Waals surface area contributed by atoms with Gasteiger partial charge in [-0.25, -0.2) is 0 Å². The second-order valence-corrected chi connectivity index (χ2v) is 8.68. The highest BCUT2D eigenvalue weighted by Crippen LogP contribution is 2.34. The van der Waals surface area contributed by atoms with Gasteiger partial charge in [-0.2, -0.15) is 5.10 Å². The average molecular weight is 462 g/mol. The van der Waals surface area contributed by atoms with Gasteiger partial charge in [-0.1, -0.05) is 54.4 Å². The lowest BCUT2D eigenvalue weighted by Crippen LogP contribution is -2.17. The van der Waals surface area contributed by atoms with Gasteiger partial charge >= 0.3 is 0 Å². The van der Waals surface area contributed by atoms with E-state index < -0.39 is 0 Å². The minimum Gasteiger partial charge on any atom is -0.311 e. The first kappa shape index (κ1) is 24.0. The third-order valence-corrected chi connectivity index (χ3v) is 5.84. The second-order valence-electron chi connectivity index (χ2n) is 8.68. The molecule has 0 atom stereocenters. The van der Waals surface area contributed by atoms with Gasteiger partial charge in [0.05, 0.1) is 11.9 Å². The SMILES string of the molecule is CCCN(/N=C/c1ccc(N(c2ccc(C)cc2)c2ccc(C)cc2)cc1)c1ccc(C=O)cc1. The Morgan fingerprint density at radius 1 is 0.629 bits per heavy atom. The van der Waals surface area contributed by atoms with Crippen LogP contribution < -0.4 is 9.91 Å². The van der Waals surface area contributed by atoms with E-state index in [1.54, 1.807) is 0 Å². The quantitative estimate of drug-likeness (QED) is 0.145. The Hall–Kier alpha value is -4.18. The lowest BCUT2D eigenvalue weighted by atomic mass is 10.1. The highest BCUT2D eigenvalue weighted by atomic mass is 16.1. The Labute approximate surface area is 208 Å². The molecule has 0 radical (unpaired) electrons. The molecule has 0 aliphatic heterocycles. The molecule has 0 aliphatic rings. The van der Waals surface area contributed by atoms with E-state index in [1.165, 1.54) is 11.1 Å². The number of anilines is 4. The summed E-state index contributed by atoms with van der Waals surface area (Å²) in [5.41, 5.74) is 8.45. The van der Waals surface area contributed by atoms with Crippen LogP contribution in [0.2, 0.25) is 0 Å². The minimum atomic E-state index is 0.663.